The fraction of sp³-hybridized carbons (Fsp3) is 0.600. The second kappa shape index (κ2) is 3.89. The van der Waals surface area contributed by atoms with E-state index < -0.39 is 23.9 Å². The van der Waals surface area contributed by atoms with Crippen LogP contribution in [0.1, 0.15) is 0 Å². The lowest BCUT2D eigenvalue weighted by molar-refractivity contribution is -0.155. The van der Waals surface area contributed by atoms with E-state index in [1.54, 1.807) is 0 Å². The summed E-state index contributed by atoms with van der Waals surface area (Å²) in [4.78, 5) is 20.4. The van der Waals surface area contributed by atoms with Crippen molar-refractivity contribution in [2.24, 2.45) is 17.4 Å². The van der Waals surface area contributed by atoms with E-state index in [2.05, 4.69) is 0 Å². The molecule has 6 heteroatoms. The van der Waals surface area contributed by atoms with Gasteiger partial charge in [0.2, 0.25) is 0 Å². The zero-order valence-corrected chi connectivity index (χ0v) is 5.73. The molecule has 6 N–H and O–H groups in total. The first kappa shape index (κ1) is 9.86. The largest absolute Gasteiger partial charge is 0.481 e. The smallest absolute Gasteiger partial charge is 0.319 e. The van der Waals surface area contributed by atoms with Crippen molar-refractivity contribution in [3.8, 4) is 0 Å². The second-order valence-corrected chi connectivity index (χ2v) is 2.05. The van der Waals surface area contributed by atoms with Crippen molar-refractivity contribution in [1.82, 2.24) is 0 Å². The number of carboxylic acids is 2. The normalized spacial score (nSPS) is 13.0. The highest BCUT2D eigenvalue weighted by molar-refractivity contribution is 5.93. The molecular weight excluding hydrogens is 152 g/mol. The first-order chi connectivity index (χ1) is 5.00. The summed E-state index contributed by atoms with van der Waals surface area (Å²) in [6, 6.07) is -1.04. The van der Waals surface area contributed by atoms with E-state index in [1.807, 2.05) is 0 Å². The molecule has 0 bridgehead atoms. The summed E-state index contributed by atoms with van der Waals surface area (Å²) in [6.45, 7) is -0.163. The first-order valence-electron chi connectivity index (χ1n) is 2.92. The SMILES string of the molecule is NCC(N)C(C(=O)O)C(=O)O. The van der Waals surface area contributed by atoms with Gasteiger partial charge < -0.3 is 21.7 Å². The Morgan fingerprint density at radius 3 is 1.73 bits per heavy atom. The molecule has 0 heterocycles. The lowest BCUT2D eigenvalue weighted by atomic mass is 10.0. The Morgan fingerprint density at radius 1 is 1.27 bits per heavy atom. The molecular formula is C5H10N2O4. The fourth-order valence-corrected chi connectivity index (χ4v) is 0.608. The molecule has 0 spiro atoms. The first-order valence-corrected chi connectivity index (χ1v) is 2.92. The van der Waals surface area contributed by atoms with Gasteiger partial charge in [0.05, 0.1) is 0 Å². The number of carbonyl (C=O) groups is 2. The molecule has 11 heavy (non-hydrogen) atoms. The molecule has 0 amide bonds. The molecule has 6 nitrogen and oxygen atoms in total. The molecule has 0 saturated carbocycles. The van der Waals surface area contributed by atoms with E-state index in [0.717, 1.165) is 0 Å². The number of aliphatic carboxylic acids is 2. The molecule has 0 radical (unpaired) electrons. The van der Waals surface area contributed by atoms with Crippen molar-refractivity contribution in [2.75, 3.05) is 6.54 Å². The van der Waals surface area contributed by atoms with Gasteiger partial charge in [0.15, 0.2) is 5.92 Å². The lowest BCUT2D eigenvalue weighted by Gasteiger charge is -2.12. The summed E-state index contributed by atoms with van der Waals surface area (Å²) >= 11 is 0. The molecule has 0 aliphatic heterocycles. The number of hydrogen-bond acceptors (Lipinski definition) is 4. The average Bonchev–Trinajstić information content (AvgIpc) is 1.85. The Hall–Kier alpha value is -1.14. The maximum absolute atomic E-state index is 10.2. The van der Waals surface area contributed by atoms with Crippen molar-refractivity contribution in [2.45, 2.75) is 6.04 Å². The van der Waals surface area contributed by atoms with Gasteiger partial charge in [-0.05, 0) is 0 Å². The van der Waals surface area contributed by atoms with Crippen LogP contribution < -0.4 is 11.5 Å². The molecule has 0 saturated heterocycles. The molecule has 0 aromatic rings. The summed E-state index contributed by atoms with van der Waals surface area (Å²) in [6.07, 6.45) is 0. The van der Waals surface area contributed by atoms with Crippen LogP contribution in [0.3, 0.4) is 0 Å². The standard InChI is InChI=1S/C5H10N2O4/c6-1-2(7)3(4(8)9)5(10)11/h2-3H,1,6-7H2,(H,8,9)(H,10,11). The summed E-state index contributed by atoms with van der Waals surface area (Å²) < 4.78 is 0. The van der Waals surface area contributed by atoms with E-state index in [1.165, 1.54) is 0 Å². The highest BCUT2D eigenvalue weighted by Gasteiger charge is 2.31. The van der Waals surface area contributed by atoms with Gasteiger partial charge in [0.25, 0.3) is 0 Å². The molecule has 0 aliphatic rings. The maximum atomic E-state index is 10.2. The summed E-state index contributed by atoms with van der Waals surface area (Å²) in [5.41, 5.74) is 10.1. The minimum atomic E-state index is -1.61. The highest BCUT2D eigenvalue weighted by Crippen LogP contribution is 2.00. The average molecular weight is 162 g/mol. The summed E-state index contributed by atoms with van der Waals surface area (Å²) in [7, 11) is 0. The number of hydrogen-bond donors (Lipinski definition) is 4. The third-order valence-electron chi connectivity index (χ3n) is 1.23. The minimum Gasteiger partial charge on any atom is -0.481 e. The second-order valence-electron chi connectivity index (χ2n) is 2.05. The van der Waals surface area contributed by atoms with Crippen LogP contribution in [-0.4, -0.2) is 34.7 Å². The molecule has 64 valence electrons. The van der Waals surface area contributed by atoms with Gasteiger partial charge >= 0.3 is 11.9 Å². The third kappa shape index (κ3) is 2.52. The van der Waals surface area contributed by atoms with E-state index >= 15 is 0 Å². The third-order valence-corrected chi connectivity index (χ3v) is 1.23. The molecule has 1 unspecified atom stereocenters. The van der Waals surface area contributed by atoms with Crippen LogP contribution in [0.4, 0.5) is 0 Å². The van der Waals surface area contributed by atoms with Crippen LogP contribution >= 0.6 is 0 Å². The quantitative estimate of drug-likeness (QED) is 0.356. The minimum absolute atomic E-state index is 0.163. The van der Waals surface area contributed by atoms with Gasteiger partial charge in [0, 0.05) is 12.6 Å². The van der Waals surface area contributed by atoms with Crippen LogP contribution in [0.2, 0.25) is 0 Å². The fourth-order valence-electron chi connectivity index (χ4n) is 0.608. The van der Waals surface area contributed by atoms with Gasteiger partial charge in [-0.15, -0.1) is 0 Å². The molecule has 1 atom stereocenters. The van der Waals surface area contributed by atoms with Gasteiger partial charge in [-0.3, -0.25) is 9.59 Å². The van der Waals surface area contributed by atoms with Gasteiger partial charge in [0.1, 0.15) is 0 Å². The molecule has 0 rings (SSSR count). The van der Waals surface area contributed by atoms with E-state index in [-0.39, 0.29) is 6.54 Å². The maximum Gasteiger partial charge on any atom is 0.319 e. The van der Waals surface area contributed by atoms with Crippen LogP contribution in [0.5, 0.6) is 0 Å². The van der Waals surface area contributed by atoms with Crippen LogP contribution in [0.25, 0.3) is 0 Å². The van der Waals surface area contributed by atoms with Gasteiger partial charge in [-0.2, -0.15) is 0 Å². The molecule has 0 aromatic heterocycles. The lowest BCUT2D eigenvalue weighted by Crippen LogP contribution is -2.45. The van der Waals surface area contributed by atoms with Crippen molar-refractivity contribution in [3.63, 3.8) is 0 Å². The van der Waals surface area contributed by atoms with Crippen LogP contribution in [-0.2, 0) is 9.59 Å². The number of rotatable bonds is 4. The predicted octanol–water partition coefficient (Wildman–Crippen LogP) is -1.94. The van der Waals surface area contributed by atoms with Gasteiger partial charge in [-0.25, -0.2) is 0 Å². The zero-order valence-electron chi connectivity index (χ0n) is 5.73. The summed E-state index contributed by atoms with van der Waals surface area (Å²) in [5, 5.41) is 16.7. The van der Waals surface area contributed by atoms with E-state index in [0.29, 0.717) is 0 Å². The monoisotopic (exact) mass is 162 g/mol. The van der Waals surface area contributed by atoms with Crippen LogP contribution in [0.15, 0.2) is 0 Å². The Bertz CT molecular complexity index is 156. The Balaban J connectivity index is 4.34. The van der Waals surface area contributed by atoms with Crippen molar-refractivity contribution >= 4 is 11.9 Å². The number of nitrogens with two attached hydrogens (primary N) is 2. The van der Waals surface area contributed by atoms with Crippen molar-refractivity contribution < 1.29 is 19.8 Å². The molecule has 0 aromatic carbocycles. The predicted molar refractivity (Wildman–Crippen MR) is 35.8 cm³/mol. The van der Waals surface area contributed by atoms with Crippen molar-refractivity contribution in [1.29, 1.82) is 0 Å². The van der Waals surface area contributed by atoms with Gasteiger partial charge in [-0.1, -0.05) is 0 Å². The Morgan fingerprint density at radius 2 is 1.64 bits per heavy atom. The van der Waals surface area contributed by atoms with E-state index in [9.17, 15) is 9.59 Å². The van der Waals surface area contributed by atoms with Crippen LogP contribution in [0, 0.1) is 5.92 Å². The topological polar surface area (TPSA) is 127 Å². The summed E-state index contributed by atoms with van der Waals surface area (Å²) in [5.74, 6) is -4.54. The number of carboxylic acid groups (broad SMARTS) is 2. The molecule has 0 aliphatic carbocycles. The Kier molecular flexibility index (Phi) is 3.49. The highest BCUT2D eigenvalue weighted by atomic mass is 16.4. The molecule has 0 fully saturated rings. The van der Waals surface area contributed by atoms with E-state index in [4.69, 9.17) is 21.7 Å². The zero-order chi connectivity index (χ0) is 9.02. The van der Waals surface area contributed by atoms with Crippen molar-refractivity contribution in [3.05, 3.63) is 0 Å². The Labute approximate surface area is 62.8 Å².